The van der Waals surface area contributed by atoms with Gasteiger partial charge in [0.1, 0.15) is 19.5 Å². The number of hydrogen-bond donors (Lipinski definition) is 2. The lowest BCUT2D eigenvalue weighted by molar-refractivity contribution is -0.144. The Kier molecular flexibility index (Phi) is 4.87. The molecule has 2 N–H and O–H groups in total. The second-order valence-electron chi connectivity index (χ2n) is 6.38. The van der Waals surface area contributed by atoms with Gasteiger partial charge in [-0.25, -0.2) is 4.98 Å². The maximum atomic E-state index is 12.9. The summed E-state index contributed by atoms with van der Waals surface area (Å²) in [7, 11) is 0. The van der Waals surface area contributed by atoms with Crippen LogP contribution in [0.3, 0.4) is 0 Å². The number of rotatable bonds is 4. The van der Waals surface area contributed by atoms with E-state index < -0.39 is 23.9 Å². The summed E-state index contributed by atoms with van der Waals surface area (Å²) in [6, 6.07) is 13.1. The minimum Gasteiger partial charge on any atom is -0.494 e. The number of nitrogens with zero attached hydrogens (tertiary/aromatic N) is 1. The highest BCUT2D eigenvalue weighted by Gasteiger charge is 2.34. The fourth-order valence-electron chi connectivity index (χ4n) is 3.04. The molecule has 3 aromatic rings. The van der Waals surface area contributed by atoms with E-state index in [1.165, 1.54) is 12.3 Å². The average molecular weight is 403 g/mol. The first-order valence-electron chi connectivity index (χ1n) is 8.79. The molecule has 0 saturated carbocycles. The van der Waals surface area contributed by atoms with Crippen molar-refractivity contribution in [2.75, 3.05) is 13.2 Å². The lowest BCUT2D eigenvalue weighted by Gasteiger charge is -2.22. The molecule has 150 valence electrons. The molecule has 0 radical (unpaired) electrons. The Labute approximate surface area is 163 Å². The normalized spacial score (nSPS) is 15.2. The van der Waals surface area contributed by atoms with Gasteiger partial charge in [0.05, 0.1) is 17.1 Å². The topological polar surface area (TPSA) is 76.2 Å². The van der Waals surface area contributed by atoms with Crippen LogP contribution in [0.5, 0.6) is 0 Å². The molecule has 1 atom stereocenters. The number of nitrogens with one attached hydrogen (secondary N) is 2. The lowest BCUT2D eigenvalue weighted by atomic mass is 9.98. The first-order valence-corrected chi connectivity index (χ1v) is 8.79. The third-order valence-electron chi connectivity index (χ3n) is 4.39. The highest BCUT2D eigenvalue weighted by molar-refractivity contribution is 5.92. The molecule has 1 aromatic heterocycles. The number of alkyl halides is 3. The Hall–Kier alpha value is -3.49. The van der Waals surface area contributed by atoms with Crippen molar-refractivity contribution >= 4 is 16.9 Å². The van der Waals surface area contributed by atoms with Crippen molar-refractivity contribution in [1.29, 1.82) is 0 Å². The van der Waals surface area contributed by atoms with Gasteiger partial charge in [0.25, 0.3) is 5.91 Å². The first kappa shape index (κ1) is 18.9. The molecule has 6 nitrogen and oxygen atoms in total. The predicted octanol–water partition coefficient (Wildman–Crippen LogP) is 3.68. The van der Waals surface area contributed by atoms with Crippen LogP contribution in [-0.4, -0.2) is 29.1 Å². The van der Waals surface area contributed by atoms with Crippen molar-refractivity contribution in [3.8, 4) is 0 Å². The van der Waals surface area contributed by atoms with Crippen LogP contribution in [0, 0.1) is 0 Å². The quantitative estimate of drug-likeness (QED) is 0.697. The maximum Gasteiger partial charge on any atom is 0.449 e. The fourth-order valence-corrected chi connectivity index (χ4v) is 3.04. The molecular formula is C20H16F3N3O3. The van der Waals surface area contributed by atoms with Crippen molar-refractivity contribution in [3.05, 3.63) is 77.5 Å². The highest BCUT2D eigenvalue weighted by atomic mass is 19.4. The summed E-state index contributed by atoms with van der Waals surface area (Å²) in [4.78, 5) is 18.5. The van der Waals surface area contributed by atoms with Gasteiger partial charge >= 0.3 is 6.18 Å². The van der Waals surface area contributed by atoms with E-state index in [2.05, 4.69) is 15.3 Å². The van der Waals surface area contributed by atoms with E-state index in [4.69, 9.17) is 9.47 Å². The van der Waals surface area contributed by atoms with Gasteiger partial charge in [0.15, 0.2) is 0 Å². The van der Waals surface area contributed by atoms with Crippen LogP contribution in [0.15, 0.2) is 60.6 Å². The van der Waals surface area contributed by atoms with Gasteiger partial charge in [0, 0.05) is 0 Å². The van der Waals surface area contributed by atoms with Crippen molar-refractivity contribution < 1.29 is 27.4 Å². The van der Waals surface area contributed by atoms with Gasteiger partial charge < -0.3 is 19.8 Å². The summed E-state index contributed by atoms with van der Waals surface area (Å²) in [5, 5.41) is 2.85. The molecule has 0 fully saturated rings. The van der Waals surface area contributed by atoms with Crippen LogP contribution >= 0.6 is 0 Å². The number of ether oxygens (including phenoxy) is 2. The van der Waals surface area contributed by atoms with Gasteiger partial charge in [-0.1, -0.05) is 36.4 Å². The lowest BCUT2D eigenvalue weighted by Crippen LogP contribution is -2.32. The third-order valence-corrected chi connectivity index (χ3v) is 4.39. The second-order valence-corrected chi connectivity index (χ2v) is 6.38. The number of aromatic nitrogens is 2. The molecule has 2 heterocycles. The van der Waals surface area contributed by atoms with E-state index in [-0.39, 0.29) is 23.4 Å². The van der Waals surface area contributed by atoms with Crippen LogP contribution in [-0.2, 0) is 20.4 Å². The van der Waals surface area contributed by atoms with E-state index >= 15 is 0 Å². The monoisotopic (exact) mass is 403 g/mol. The number of H-pyrrole nitrogens is 1. The van der Waals surface area contributed by atoms with Crippen LogP contribution in [0.25, 0.3) is 11.0 Å². The third kappa shape index (κ3) is 4.03. The van der Waals surface area contributed by atoms with E-state index in [9.17, 15) is 18.0 Å². The van der Waals surface area contributed by atoms with Gasteiger partial charge in [-0.3, -0.25) is 4.79 Å². The Morgan fingerprint density at radius 2 is 1.90 bits per heavy atom. The summed E-state index contributed by atoms with van der Waals surface area (Å²) in [6.45, 7) is 0.618. The minimum atomic E-state index is -4.57. The number of carbonyl (C=O) groups is 1. The number of imidazole rings is 1. The molecule has 0 bridgehead atoms. The van der Waals surface area contributed by atoms with Crippen LogP contribution in [0.2, 0.25) is 0 Å². The minimum absolute atomic E-state index is 0.0409. The molecular weight excluding hydrogens is 387 g/mol. The van der Waals surface area contributed by atoms with E-state index in [0.29, 0.717) is 12.2 Å². The van der Waals surface area contributed by atoms with Crippen molar-refractivity contribution in [3.63, 3.8) is 0 Å². The van der Waals surface area contributed by atoms with E-state index in [1.54, 1.807) is 12.1 Å². The molecule has 1 aliphatic rings. The smallest absolute Gasteiger partial charge is 0.449 e. The zero-order valence-corrected chi connectivity index (χ0v) is 15.0. The molecule has 1 amide bonds. The van der Waals surface area contributed by atoms with Gasteiger partial charge in [-0.2, -0.15) is 13.2 Å². The summed E-state index contributed by atoms with van der Waals surface area (Å²) in [6.07, 6.45) is -3.33. The van der Waals surface area contributed by atoms with E-state index in [0.717, 1.165) is 5.56 Å². The molecule has 29 heavy (non-hydrogen) atoms. The number of benzene rings is 2. The van der Waals surface area contributed by atoms with Crippen LogP contribution < -0.4 is 5.32 Å². The Morgan fingerprint density at radius 3 is 2.59 bits per heavy atom. The average Bonchev–Trinajstić information content (AvgIpc) is 3.17. The maximum absolute atomic E-state index is 12.9. The van der Waals surface area contributed by atoms with Crippen molar-refractivity contribution in [2.24, 2.45) is 0 Å². The largest absolute Gasteiger partial charge is 0.494 e. The Balaban J connectivity index is 1.71. The number of aromatic amines is 1. The van der Waals surface area contributed by atoms with Crippen molar-refractivity contribution in [2.45, 2.75) is 12.2 Å². The molecule has 2 aromatic carbocycles. The second kappa shape index (κ2) is 7.50. The molecule has 0 aliphatic carbocycles. The standard InChI is InChI=1S/C20H16F3N3O3/c21-20(22,23)19-24-14-7-6-13(10-15(14)25-19)17(12-4-2-1-3-5-12)26-18(27)16-11-28-8-9-29-16/h1-7,10-11,17H,8-9H2,(H,24,25)(H,26,27). The zero-order valence-electron chi connectivity index (χ0n) is 15.0. The molecule has 1 aliphatic heterocycles. The van der Waals surface area contributed by atoms with Gasteiger partial charge in [-0.05, 0) is 23.3 Å². The van der Waals surface area contributed by atoms with Crippen molar-refractivity contribution in [1.82, 2.24) is 15.3 Å². The van der Waals surface area contributed by atoms with Crippen LogP contribution in [0.1, 0.15) is 23.0 Å². The highest BCUT2D eigenvalue weighted by Crippen LogP contribution is 2.30. The first-order chi connectivity index (χ1) is 13.9. The number of halogens is 3. The fraction of sp³-hybridized carbons (Fsp3) is 0.200. The summed E-state index contributed by atoms with van der Waals surface area (Å²) in [5.41, 5.74) is 1.76. The zero-order chi connectivity index (χ0) is 20.4. The summed E-state index contributed by atoms with van der Waals surface area (Å²) in [5.74, 6) is -1.51. The SMILES string of the molecule is O=C(NC(c1ccccc1)c1ccc2nc(C(F)(F)F)[nH]c2c1)C1=COCCO1. The molecule has 9 heteroatoms. The number of carbonyl (C=O) groups excluding carboxylic acids is 1. The predicted molar refractivity (Wildman–Crippen MR) is 97.5 cm³/mol. The number of hydrogen-bond acceptors (Lipinski definition) is 4. The summed E-state index contributed by atoms with van der Waals surface area (Å²) < 4.78 is 49.3. The number of amides is 1. The Morgan fingerprint density at radius 1 is 1.10 bits per heavy atom. The van der Waals surface area contributed by atoms with E-state index in [1.807, 2.05) is 30.3 Å². The molecule has 4 rings (SSSR count). The Bertz CT molecular complexity index is 1060. The molecule has 0 saturated heterocycles. The molecule has 1 unspecified atom stereocenters. The molecule has 0 spiro atoms. The summed E-state index contributed by atoms with van der Waals surface area (Å²) >= 11 is 0. The van der Waals surface area contributed by atoms with Crippen LogP contribution in [0.4, 0.5) is 13.2 Å². The van der Waals surface area contributed by atoms with Gasteiger partial charge in [-0.15, -0.1) is 0 Å². The number of fused-ring (bicyclic) bond motifs is 1. The van der Waals surface area contributed by atoms with Gasteiger partial charge in [0.2, 0.25) is 11.6 Å².